The van der Waals surface area contributed by atoms with Gasteiger partial charge in [0, 0.05) is 25.2 Å². The second kappa shape index (κ2) is 4.97. The van der Waals surface area contributed by atoms with Crippen LogP contribution in [0, 0.1) is 0 Å². The molecule has 1 amide bonds. The lowest BCUT2D eigenvalue weighted by Crippen LogP contribution is -2.34. The van der Waals surface area contributed by atoms with Crippen LogP contribution in [0.15, 0.2) is 23.1 Å². The van der Waals surface area contributed by atoms with E-state index in [4.69, 9.17) is 0 Å². The van der Waals surface area contributed by atoms with E-state index in [0.29, 0.717) is 22.3 Å². The van der Waals surface area contributed by atoms with E-state index in [1.165, 1.54) is 6.20 Å². The normalized spacial score (nSPS) is 10.4. The van der Waals surface area contributed by atoms with Crippen LogP contribution in [0.2, 0.25) is 0 Å². The predicted molar refractivity (Wildman–Crippen MR) is 70.7 cm³/mol. The molecular formula is C12H14N4O3. The summed E-state index contributed by atoms with van der Waals surface area (Å²) in [7, 11) is 1.60. The maximum absolute atomic E-state index is 12.1. The molecule has 2 rings (SSSR count). The zero-order valence-corrected chi connectivity index (χ0v) is 10.6. The van der Waals surface area contributed by atoms with E-state index in [2.05, 4.69) is 15.6 Å². The van der Waals surface area contributed by atoms with Crippen molar-refractivity contribution in [2.45, 2.75) is 6.92 Å². The third-order valence-corrected chi connectivity index (χ3v) is 2.73. The molecule has 0 atom stereocenters. The number of carbonyl (C=O) groups is 1. The maximum atomic E-state index is 12.1. The second-order valence-corrected chi connectivity index (χ2v) is 3.85. The van der Waals surface area contributed by atoms with Gasteiger partial charge < -0.3 is 15.8 Å². The number of rotatable bonds is 3. The molecule has 2 heterocycles. The topological polar surface area (TPSA) is 96.2 Å². The van der Waals surface area contributed by atoms with Crippen LogP contribution in [0.1, 0.15) is 17.3 Å². The molecule has 7 nitrogen and oxygen atoms in total. The summed E-state index contributed by atoms with van der Waals surface area (Å²) in [5, 5.41) is 15.7. The minimum atomic E-state index is -0.804. The van der Waals surface area contributed by atoms with Crippen LogP contribution in [0.3, 0.4) is 0 Å². The number of pyridine rings is 2. The minimum absolute atomic E-state index is 0.102. The van der Waals surface area contributed by atoms with Gasteiger partial charge in [-0.2, -0.15) is 0 Å². The summed E-state index contributed by atoms with van der Waals surface area (Å²) in [6, 6.07) is 3.33. The zero-order chi connectivity index (χ0) is 14.0. The highest BCUT2D eigenvalue weighted by atomic mass is 16.5. The number of amides is 1. The Hall–Kier alpha value is -2.57. The molecule has 0 aromatic carbocycles. The van der Waals surface area contributed by atoms with Crippen LogP contribution in [0.25, 0.3) is 11.0 Å². The first-order chi connectivity index (χ1) is 9.11. The Morgan fingerprint density at radius 2 is 2.26 bits per heavy atom. The van der Waals surface area contributed by atoms with Crippen molar-refractivity contribution >= 4 is 22.6 Å². The molecule has 0 bridgehead atoms. The van der Waals surface area contributed by atoms with E-state index in [9.17, 15) is 14.8 Å². The van der Waals surface area contributed by atoms with Gasteiger partial charge in [0.1, 0.15) is 5.56 Å². The largest absolute Gasteiger partial charge is 0.423 e. The summed E-state index contributed by atoms with van der Waals surface area (Å²) < 4.78 is 0.390. The van der Waals surface area contributed by atoms with Gasteiger partial charge in [-0.3, -0.25) is 9.59 Å². The van der Waals surface area contributed by atoms with Crippen LogP contribution >= 0.6 is 0 Å². The second-order valence-electron chi connectivity index (χ2n) is 3.85. The Balaban J connectivity index is 2.87. The lowest BCUT2D eigenvalue weighted by molar-refractivity contribution is 0.0949. The van der Waals surface area contributed by atoms with E-state index in [0.717, 1.165) is 0 Å². The highest BCUT2D eigenvalue weighted by Gasteiger charge is 2.21. The van der Waals surface area contributed by atoms with Crippen LogP contribution in [0.5, 0.6) is 0 Å². The summed E-state index contributed by atoms with van der Waals surface area (Å²) in [5.74, 6) is -0.537. The number of hydrogen-bond donors (Lipinski definition) is 3. The van der Waals surface area contributed by atoms with Gasteiger partial charge in [-0.15, -0.1) is 4.73 Å². The molecule has 100 valence electrons. The lowest BCUT2D eigenvalue weighted by atomic mass is 10.1. The number of nitrogens with one attached hydrogen (secondary N) is 2. The van der Waals surface area contributed by atoms with Crippen molar-refractivity contribution in [2.75, 3.05) is 18.9 Å². The molecule has 0 saturated heterocycles. The quantitative estimate of drug-likeness (QED) is 0.697. The fourth-order valence-corrected chi connectivity index (χ4v) is 1.92. The molecule has 0 aliphatic carbocycles. The first kappa shape index (κ1) is 12.9. The van der Waals surface area contributed by atoms with Gasteiger partial charge in [-0.25, -0.2) is 4.98 Å². The van der Waals surface area contributed by atoms with Crippen molar-refractivity contribution in [3.8, 4) is 0 Å². The Labute approximate surface area is 108 Å². The van der Waals surface area contributed by atoms with Crippen molar-refractivity contribution < 1.29 is 10.0 Å². The molecule has 0 unspecified atom stereocenters. The third kappa shape index (κ3) is 1.99. The number of nitrogens with zero attached hydrogens (tertiary/aromatic N) is 2. The molecule has 0 fully saturated rings. The summed E-state index contributed by atoms with van der Waals surface area (Å²) in [6.07, 6.45) is 1.46. The minimum Gasteiger partial charge on any atom is -0.423 e. The number of hydrogen-bond acceptors (Lipinski definition) is 5. The SMILES string of the molecule is CCNC(=O)c1c(NC)c2cccnc2n(O)c1=O. The molecule has 2 aromatic rings. The van der Waals surface area contributed by atoms with Gasteiger partial charge in [0.15, 0.2) is 5.65 Å². The molecule has 19 heavy (non-hydrogen) atoms. The number of anilines is 1. The fourth-order valence-electron chi connectivity index (χ4n) is 1.92. The molecule has 0 spiro atoms. The monoisotopic (exact) mass is 262 g/mol. The molecular weight excluding hydrogens is 248 g/mol. The standard InChI is InChI=1S/C12H14N4O3/c1-3-14-11(17)8-9(13-2)7-5-4-6-15-10(7)16(19)12(8)18/h4-6,13,19H,3H2,1-2H3,(H,14,17). The average Bonchev–Trinajstić information content (AvgIpc) is 2.42. The van der Waals surface area contributed by atoms with Gasteiger partial charge in [0.05, 0.1) is 5.69 Å². The van der Waals surface area contributed by atoms with Gasteiger partial charge in [-0.05, 0) is 19.1 Å². The summed E-state index contributed by atoms with van der Waals surface area (Å²) in [6.45, 7) is 2.13. The van der Waals surface area contributed by atoms with Gasteiger partial charge >= 0.3 is 0 Å². The Morgan fingerprint density at radius 1 is 1.53 bits per heavy atom. The Kier molecular flexibility index (Phi) is 3.37. The van der Waals surface area contributed by atoms with Crippen LogP contribution < -0.4 is 16.2 Å². The Bertz CT molecular complexity index is 693. The van der Waals surface area contributed by atoms with E-state index in [1.54, 1.807) is 26.1 Å². The number of carbonyl (C=O) groups excluding carboxylic acids is 1. The predicted octanol–water partition coefficient (Wildman–Crippen LogP) is 0.425. The first-order valence-electron chi connectivity index (χ1n) is 5.80. The summed E-state index contributed by atoms with van der Waals surface area (Å²) in [5.41, 5.74) is -0.483. The fraction of sp³-hybridized carbons (Fsp3) is 0.250. The van der Waals surface area contributed by atoms with E-state index in [-0.39, 0.29) is 11.2 Å². The van der Waals surface area contributed by atoms with Crippen molar-refractivity contribution in [1.29, 1.82) is 0 Å². The van der Waals surface area contributed by atoms with Crippen molar-refractivity contribution in [3.63, 3.8) is 0 Å². The van der Waals surface area contributed by atoms with Crippen molar-refractivity contribution in [3.05, 3.63) is 34.2 Å². The van der Waals surface area contributed by atoms with Crippen LogP contribution in [-0.2, 0) is 0 Å². The Morgan fingerprint density at radius 3 is 2.89 bits per heavy atom. The first-order valence-corrected chi connectivity index (χ1v) is 5.80. The van der Waals surface area contributed by atoms with Crippen molar-refractivity contribution in [2.24, 2.45) is 0 Å². The maximum Gasteiger partial charge on any atom is 0.299 e. The molecule has 0 aliphatic rings. The molecule has 2 aromatic heterocycles. The van der Waals surface area contributed by atoms with Crippen molar-refractivity contribution in [1.82, 2.24) is 15.0 Å². The molecule has 7 heteroatoms. The summed E-state index contributed by atoms with van der Waals surface area (Å²) in [4.78, 5) is 27.9. The molecule has 0 saturated carbocycles. The molecule has 0 radical (unpaired) electrons. The third-order valence-electron chi connectivity index (χ3n) is 2.73. The highest BCUT2D eigenvalue weighted by molar-refractivity contribution is 6.06. The van der Waals surface area contributed by atoms with Gasteiger partial charge in [-0.1, -0.05) is 0 Å². The van der Waals surface area contributed by atoms with E-state index >= 15 is 0 Å². The zero-order valence-electron chi connectivity index (χ0n) is 10.6. The average molecular weight is 262 g/mol. The van der Waals surface area contributed by atoms with Crippen LogP contribution in [0.4, 0.5) is 5.69 Å². The van der Waals surface area contributed by atoms with E-state index in [1.807, 2.05) is 0 Å². The van der Waals surface area contributed by atoms with Gasteiger partial charge in [0.2, 0.25) is 0 Å². The molecule has 3 N–H and O–H groups in total. The number of fused-ring (bicyclic) bond motifs is 1. The highest BCUT2D eigenvalue weighted by Crippen LogP contribution is 2.22. The number of aromatic nitrogens is 2. The van der Waals surface area contributed by atoms with Gasteiger partial charge in [0.25, 0.3) is 11.5 Å². The van der Waals surface area contributed by atoms with E-state index < -0.39 is 11.5 Å². The smallest absolute Gasteiger partial charge is 0.299 e. The molecule has 0 aliphatic heterocycles. The lowest BCUT2D eigenvalue weighted by Gasteiger charge is -2.12. The summed E-state index contributed by atoms with van der Waals surface area (Å²) >= 11 is 0. The van der Waals surface area contributed by atoms with Crippen LogP contribution in [-0.4, -0.2) is 34.4 Å².